The highest BCUT2D eigenvalue weighted by Crippen LogP contribution is 2.42. The van der Waals surface area contributed by atoms with E-state index in [2.05, 4.69) is 32.9 Å². The minimum Gasteiger partial charge on any atom is -0.346 e. The molecule has 0 aliphatic carbocycles. The third kappa shape index (κ3) is 1.10. The summed E-state index contributed by atoms with van der Waals surface area (Å²) in [6.07, 6.45) is 5.26. The number of hydrogen-bond acceptors (Lipinski definition) is 2. The van der Waals surface area contributed by atoms with E-state index < -0.39 is 5.79 Å². The molecule has 0 radical (unpaired) electrons. The summed E-state index contributed by atoms with van der Waals surface area (Å²) in [5.41, 5.74) is -0.154. The van der Waals surface area contributed by atoms with Crippen LogP contribution in [0.3, 0.4) is 0 Å². The topological polar surface area (TPSA) is 18.5 Å². The predicted octanol–water partition coefficient (Wildman–Crippen LogP) is 2.10. The van der Waals surface area contributed by atoms with Crippen LogP contribution in [0.15, 0.2) is 12.2 Å². The van der Waals surface area contributed by atoms with E-state index in [0.717, 1.165) is 13.0 Å². The van der Waals surface area contributed by atoms with Gasteiger partial charge < -0.3 is 9.47 Å². The molecule has 0 bridgehead atoms. The summed E-state index contributed by atoms with van der Waals surface area (Å²) in [7, 11) is 0. The molecule has 1 saturated heterocycles. The van der Waals surface area contributed by atoms with Gasteiger partial charge in [-0.15, -0.1) is 0 Å². The van der Waals surface area contributed by atoms with E-state index in [4.69, 9.17) is 9.47 Å². The van der Waals surface area contributed by atoms with Crippen LogP contribution in [0.1, 0.15) is 27.2 Å². The molecule has 0 N–H and O–H groups in total. The molecule has 2 aliphatic heterocycles. The molecule has 1 fully saturated rings. The summed E-state index contributed by atoms with van der Waals surface area (Å²) in [4.78, 5) is 0. The van der Waals surface area contributed by atoms with E-state index in [1.807, 2.05) is 0 Å². The Labute approximate surface area is 73.5 Å². The maximum absolute atomic E-state index is 5.88. The van der Waals surface area contributed by atoms with Crippen molar-refractivity contribution in [1.29, 1.82) is 0 Å². The van der Waals surface area contributed by atoms with Crippen LogP contribution < -0.4 is 0 Å². The minimum atomic E-state index is -0.399. The second-order valence-corrected chi connectivity index (χ2v) is 4.30. The van der Waals surface area contributed by atoms with Gasteiger partial charge in [-0.2, -0.15) is 0 Å². The highest BCUT2D eigenvalue weighted by Gasteiger charge is 2.47. The minimum absolute atomic E-state index is 0.154. The molecular formula is C10H16O2. The highest BCUT2D eigenvalue weighted by molar-refractivity contribution is 5.14. The Kier molecular flexibility index (Phi) is 1.61. The molecule has 2 unspecified atom stereocenters. The molecule has 2 heteroatoms. The van der Waals surface area contributed by atoms with Crippen molar-refractivity contribution in [2.24, 2.45) is 5.92 Å². The second-order valence-electron chi connectivity index (χ2n) is 4.30. The van der Waals surface area contributed by atoms with Crippen molar-refractivity contribution < 1.29 is 9.47 Å². The number of rotatable bonds is 0. The van der Waals surface area contributed by atoms with Gasteiger partial charge in [0.1, 0.15) is 0 Å². The van der Waals surface area contributed by atoms with Gasteiger partial charge in [0.15, 0.2) is 5.79 Å². The van der Waals surface area contributed by atoms with Gasteiger partial charge in [0.05, 0.1) is 12.2 Å². The van der Waals surface area contributed by atoms with Gasteiger partial charge in [-0.3, -0.25) is 0 Å². The third-order valence-electron chi connectivity index (χ3n) is 2.70. The maximum atomic E-state index is 5.88. The first-order valence-electron chi connectivity index (χ1n) is 4.59. The van der Waals surface area contributed by atoms with Crippen molar-refractivity contribution in [2.75, 3.05) is 6.61 Å². The second kappa shape index (κ2) is 2.33. The van der Waals surface area contributed by atoms with Crippen molar-refractivity contribution in [3.05, 3.63) is 12.2 Å². The Balaban J connectivity index is 2.21. The first kappa shape index (κ1) is 8.27. The van der Waals surface area contributed by atoms with Gasteiger partial charge >= 0.3 is 0 Å². The lowest BCUT2D eigenvalue weighted by Crippen LogP contribution is -2.37. The third-order valence-corrected chi connectivity index (χ3v) is 2.70. The smallest absolute Gasteiger partial charge is 0.191 e. The van der Waals surface area contributed by atoms with Crippen LogP contribution in [0.5, 0.6) is 0 Å². The fourth-order valence-electron chi connectivity index (χ4n) is 1.88. The van der Waals surface area contributed by atoms with Crippen LogP contribution in [-0.2, 0) is 9.47 Å². The maximum Gasteiger partial charge on any atom is 0.191 e. The highest BCUT2D eigenvalue weighted by atomic mass is 16.7. The lowest BCUT2D eigenvalue weighted by atomic mass is 10.0. The van der Waals surface area contributed by atoms with Gasteiger partial charge in [0.25, 0.3) is 0 Å². The Bertz CT molecular complexity index is 220. The largest absolute Gasteiger partial charge is 0.346 e. The Morgan fingerprint density at radius 3 is 2.50 bits per heavy atom. The average molecular weight is 168 g/mol. The van der Waals surface area contributed by atoms with Crippen molar-refractivity contribution in [2.45, 2.75) is 38.6 Å². The van der Waals surface area contributed by atoms with Gasteiger partial charge in [-0.25, -0.2) is 0 Å². The molecule has 2 rings (SSSR count). The van der Waals surface area contributed by atoms with E-state index in [0.29, 0.717) is 5.92 Å². The van der Waals surface area contributed by atoms with Crippen LogP contribution in [0.4, 0.5) is 0 Å². The monoisotopic (exact) mass is 168 g/mol. The first-order valence-corrected chi connectivity index (χ1v) is 4.59. The van der Waals surface area contributed by atoms with Gasteiger partial charge in [-0.05, 0) is 26.3 Å². The zero-order valence-electron chi connectivity index (χ0n) is 7.96. The van der Waals surface area contributed by atoms with E-state index in [1.54, 1.807) is 0 Å². The molecule has 2 nitrogen and oxygen atoms in total. The molecule has 0 aromatic rings. The molecule has 2 heterocycles. The Morgan fingerprint density at radius 1 is 1.33 bits per heavy atom. The summed E-state index contributed by atoms with van der Waals surface area (Å²) in [6.45, 7) is 7.12. The lowest BCUT2D eigenvalue weighted by molar-refractivity contribution is -0.219. The molecular weight excluding hydrogens is 152 g/mol. The van der Waals surface area contributed by atoms with Crippen LogP contribution in [0.2, 0.25) is 0 Å². The molecule has 0 amide bonds. The van der Waals surface area contributed by atoms with Crippen molar-refractivity contribution >= 4 is 0 Å². The van der Waals surface area contributed by atoms with Crippen molar-refractivity contribution in [3.8, 4) is 0 Å². The van der Waals surface area contributed by atoms with Gasteiger partial charge in [0.2, 0.25) is 0 Å². The Hall–Kier alpha value is -0.340. The molecule has 12 heavy (non-hydrogen) atoms. The zero-order chi connectivity index (χ0) is 8.82. The average Bonchev–Trinajstić information content (AvgIpc) is 2.43. The zero-order valence-corrected chi connectivity index (χ0v) is 7.96. The Morgan fingerprint density at radius 2 is 2.08 bits per heavy atom. The summed E-state index contributed by atoms with van der Waals surface area (Å²) < 4.78 is 11.5. The fourth-order valence-corrected chi connectivity index (χ4v) is 1.88. The van der Waals surface area contributed by atoms with E-state index in [9.17, 15) is 0 Å². The SMILES string of the molecule is CC1CCOC12C=CC(C)(C)O2. The van der Waals surface area contributed by atoms with Gasteiger partial charge in [-0.1, -0.05) is 13.0 Å². The summed E-state index contributed by atoms with van der Waals surface area (Å²) in [5, 5.41) is 0. The first-order chi connectivity index (χ1) is 5.54. The van der Waals surface area contributed by atoms with Crippen LogP contribution in [-0.4, -0.2) is 18.0 Å². The molecule has 0 aromatic heterocycles. The molecule has 0 saturated carbocycles. The molecule has 1 spiro atoms. The van der Waals surface area contributed by atoms with Crippen molar-refractivity contribution in [3.63, 3.8) is 0 Å². The number of hydrogen-bond donors (Lipinski definition) is 0. The molecule has 2 atom stereocenters. The summed E-state index contributed by atoms with van der Waals surface area (Å²) >= 11 is 0. The molecule has 2 aliphatic rings. The normalized spacial score (nSPS) is 44.4. The fraction of sp³-hybridized carbons (Fsp3) is 0.800. The molecule has 0 aromatic carbocycles. The predicted molar refractivity (Wildman–Crippen MR) is 46.8 cm³/mol. The van der Waals surface area contributed by atoms with Crippen LogP contribution in [0.25, 0.3) is 0 Å². The lowest BCUT2D eigenvalue weighted by Gasteiger charge is -2.30. The standard InChI is InChI=1S/C10H16O2/c1-8-4-7-11-10(8)6-5-9(2,3)12-10/h5-6,8H,4,7H2,1-3H3. The van der Waals surface area contributed by atoms with Crippen LogP contribution in [0, 0.1) is 5.92 Å². The van der Waals surface area contributed by atoms with E-state index in [-0.39, 0.29) is 5.60 Å². The van der Waals surface area contributed by atoms with Crippen LogP contribution >= 0.6 is 0 Å². The summed E-state index contributed by atoms with van der Waals surface area (Å²) in [5.74, 6) is 0.0827. The van der Waals surface area contributed by atoms with E-state index >= 15 is 0 Å². The number of ether oxygens (including phenoxy) is 2. The molecule has 68 valence electrons. The van der Waals surface area contributed by atoms with Gasteiger partial charge in [0, 0.05) is 5.92 Å². The van der Waals surface area contributed by atoms with Crippen molar-refractivity contribution in [1.82, 2.24) is 0 Å². The van der Waals surface area contributed by atoms with E-state index in [1.165, 1.54) is 0 Å². The quantitative estimate of drug-likeness (QED) is 0.516. The summed E-state index contributed by atoms with van der Waals surface area (Å²) in [6, 6.07) is 0.